The fourth-order valence-electron chi connectivity index (χ4n) is 1.66. The van der Waals surface area contributed by atoms with Crippen LogP contribution in [0.15, 0.2) is 24.3 Å². The van der Waals surface area contributed by atoms with E-state index in [0.29, 0.717) is 6.61 Å². The fraction of sp³-hybridized carbons (Fsp3) is 0.538. The van der Waals surface area contributed by atoms with Gasteiger partial charge in [0.25, 0.3) is 0 Å². The first kappa shape index (κ1) is 15.9. The summed E-state index contributed by atoms with van der Waals surface area (Å²) in [6.45, 7) is 4.35. The molecule has 1 aromatic carbocycles. The molecule has 0 aliphatic heterocycles. The first-order valence-electron chi connectivity index (χ1n) is 6.21. The Balaban J connectivity index is 2.75. The number of hydrogen-bond acceptors (Lipinski definition) is 4. The summed E-state index contributed by atoms with van der Waals surface area (Å²) in [4.78, 5) is 0. The summed E-state index contributed by atoms with van der Waals surface area (Å²) in [6.07, 6.45) is 0. The smallest absolute Gasteiger partial charge is 0.216 e. The van der Waals surface area contributed by atoms with Crippen LogP contribution in [0.5, 0.6) is 5.75 Å². The normalized spacial score (nSPS) is 13.7. The van der Waals surface area contributed by atoms with E-state index in [1.807, 2.05) is 13.8 Å². The number of ether oxygens (including phenoxy) is 1. The van der Waals surface area contributed by atoms with E-state index in [4.69, 9.17) is 4.74 Å². The minimum atomic E-state index is -3.34. The van der Waals surface area contributed by atoms with Crippen LogP contribution in [-0.2, 0) is 14.8 Å². The van der Waals surface area contributed by atoms with Crippen LogP contribution in [0.25, 0.3) is 0 Å². The fourth-order valence-corrected chi connectivity index (χ4v) is 2.88. The van der Waals surface area contributed by atoms with Crippen LogP contribution in [0.1, 0.15) is 25.5 Å². The van der Waals surface area contributed by atoms with Crippen molar-refractivity contribution >= 4 is 10.0 Å². The molecule has 5 nitrogen and oxygen atoms in total. The van der Waals surface area contributed by atoms with E-state index in [-0.39, 0.29) is 24.2 Å². The number of nitrogens with zero attached hydrogens (tertiary/aromatic N) is 1. The summed E-state index contributed by atoms with van der Waals surface area (Å²) in [7, 11) is -1.79. The second kappa shape index (κ2) is 6.88. The maximum absolute atomic E-state index is 12.1. The van der Waals surface area contributed by atoms with E-state index in [9.17, 15) is 13.5 Å². The van der Waals surface area contributed by atoms with Crippen molar-refractivity contribution in [3.05, 3.63) is 29.8 Å². The third-order valence-corrected chi connectivity index (χ3v) is 4.93. The third-order valence-electron chi connectivity index (χ3n) is 3.05. The van der Waals surface area contributed by atoms with E-state index in [2.05, 4.69) is 0 Å². The Bertz CT molecular complexity index is 484. The summed E-state index contributed by atoms with van der Waals surface area (Å²) in [5.41, 5.74) is 0.834. The third kappa shape index (κ3) is 4.49. The Labute approximate surface area is 114 Å². The van der Waals surface area contributed by atoms with Crippen LogP contribution in [0.4, 0.5) is 0 Å². The number of rotatable bonds is 7. The molecule has 0 bridgehead atoms. The summed E-state index contributed by atoms with van der Waals surface area (Å²) in [5.74, 6) is 0.137. The molecule has 0 saturated heterocycles. The van der Waals surface area contributed by atoms with Crippen molar-refractivity contribution in [1.29, 1.82) is 0 Å². The predicted octanol–water partition coefficient (Wildman–Crippen LogP) is 1.75. The quantitative estimate of drug-likeness (QED) is 0.776. The zero-order valence-electron chi connectivity index (χ0n) is 11.5. The Morgan fingerprint density at radius 2 is 1.89 bits per heavy atom. The maximum atomic E-state index is 12.1. The van der Waals surface area contributed by atoms with Crippen molar-refractivity contribution in [2.75, 3.05) is 26.0 Å². The van der Waals surface area contributed by atoms with Gasteiger partial charge in [-0.2, -0.15) is 4.31 Å². The van der Waals surface area contributed by atoms with Crippen molar-refractivity contribution in [3.63, 3.8) is 0 Å². The van der Waals surface area contributed by atoms with Gasteiger partial charge in [0, 0.05) is 19.7 Å². The van der Waals surface area contributed by atoms with Gasteiger partial charge in [0.15, 0.2) is 0 Å². The van der Waals surface area contributed by atoms with E-state index in [1.165, 1.54) is 4.31 Å². The predicted molar refractivity (Wildman–Crippen MR) is 74.6 cm³/mol. The van der Waals surface area contributed by atoms with E-state index in [0.717, 1.165) is 5.56 Å². The lowest BCUT2D eigenvalue weighted by Crippen LogP contribution is -2.33. The summed E-state index contributed by atoms with van der Waals surface area (Å²) < 4.78 is 30.6. The monoisotopic (exact) mass is 287 g/mol. The molecule has 0 radical (unpaired) electrons. The highest BCUT2D eigenvalue weighted by Gasteiger charge is 2.23. The second-order valence-corrected chi connectivity index (χ2v) is 6.44. The Morgan fingerprint density at radius 1 is 1.32 bits per heavy atom. The van der Waals surface area contributed by atoms with Gasteiger partial charge in [-0.3, -0.25) is 0 Å². The van der Waals surface area contributed by atoms with Crippen molar-refractivity contribution in [3.8, 4) is 5.75 Å². The first-order valence-corrected chi connectivity index (χ1v) is 7.81. The van der Waals surface area contributed by atoms with Crippen LogP contribution in [0.2, 0.25) is 0 Å². The SMILES string of the molecule is CCOCCS(=O)(=O)N(C)C(C)c1ccc(O)cc1. The van der Waals surface area contributed by atoms with Gasteiger partial charge in [0.2, 0.25) is 10.0 Å². The average molecular weight is 287 g/mol. The second-order valence-electron chi connectivity index (χ2n) is 4.30. The lowest BCUT2D eigenvalue weighted by molar-refractivity contribution is 0.162. The topological polar surface area (TPSA) is 66.8 Å². The summed E-state index contributed by atoms with van der Waals surface area (Å²) in [5, 5.41) is 9.23. The van der Waals surface area contributed by atoms with Gasteiger partial charge < -0.3 is 9.84 Å². The van der Waals surface area contributed by atoms with Gasteiger partial charge in [0.1, 0.15) is 5.75 Å². The first-order chi connectivity index (χ1) is 8.88. The molecule has 0 saturated carbocycles. The van der Waals surface area contributed by atoms with Gasteiger partial charge in [-0.1, -0.05) is 12.1 Å². The molecule has 0 heterocycles. The maximum Gasteiger partial charge on any atom is 0.216 e. The number of phenols is 1. The molecule has 0 amide bonds. The molecule has 1 rings (SSSR count). The van der Waals surface area contributed by atoms with Crippen LogP contribution in [-0.4, -0.2) is 43.8 Å². The number of aromatic hydroxyl groups is 1. The highest BCUT2D eigenvalue weighted by Crippen LogP contribution is 2.23. The zero-order chi connectivity index (χ0) is 14.5. The molecule has 0 aromatic heterocycles. The number of phenolic OH excluding ortho intramolecular Hbond substituents is 1. The molecule has 0 spiro atoms. The minimum absolute atomic E-state index is 0.0280. The molecule has 1 atom stereocenters. The van der Waals surface area contributed by atoms with Gasteiger partial charge in [-0.25, -0.2) is 8.42 Å². The molecule has 0 fully saturated rings. The van der Waals surface area contributed by atoms with Crippen LogP contribution in [0.3, 0.4) is 0 Å². The van der Waals surface area contributed by atoms with Crippen LogP contribution in [0, 0.1) is 0 Å². The number of hydrogen-bond donors (Lipinski definition) is 1. The molecule has 1 N–H and O–H groups in total. The molecule has 108 valence electrons. The van der Waals surface area contributed by atoms with E-state index >= 15 is 0 Å². The summed E-state index contributed by atoms with van der Waals surface area (Å²) >= 11 is 0. The van der Waals surface area contributed by atoms with Crippen molar-refractivity contribution < 1.29 is 18.3 Å². The molecule has 1 aromatic rings. The minimum Gasteiger partial charge on any atom is -0.508 e. The molecular formula is C13H21NO4S. The Kier molecular flexibility index (Phi) is 5.78. The summed E-state index contributed by atoms with van der Waals surface area (Å²) in [6, 6.07) is 6.24. The van der Waals surface area contributed by atoms with Crippen molar-refractivity contribution in [2.45, 2.75) is 19.9 Å². The van der Waals surface area contributed by atoms with Crippen molar-refractivity contribution in [1.82, 2.24) is 4.31 Å². The molecule has 6 heteroatoms. The lowest BCUT2D eigenvalue weighted by Gasteiger charge is -2.24. The number of sulfonamides is 1. The molecular weight excluding hydrogens is 266 g/mol. The molecule has 19 heavy (non-hydrogen) atoms. The largest absolute Gasteiger partial charge is 0.508 e. The molecule has 0 aliphatic carbocycles. The Hall–Kier alpha value is -1.11. The lowest BCUT2D eigenvalue weighted by atomic mass is 10.1. The van der Waals surface area contributed by atoms with Gasteiger partial charge >= 0.3 is 0 Å². The Morgan fingerprint density at radius 3 is 2.42 bits per heavy atom. The standard InChI is InChI=1S/C13H21NO4S/c1-4-18-9-10-19(16,17)14(3)11(2)12-5-7-13(15)8-6-12/h5-8,11,15H,4,9-10H2,1-3H3. The van der Waals surface area contributed by atoms with Crippen LogP contribution >= 0.6 is 0 Å². The van der Waals surface area contributed by atoms with Crippen LogP contribution < -0.4 is 0 Å². The van der Waals surface area contributed by atoms with E-state index < -0.39 is 10.0 Å². The highest BCUT2D eigenvalue weighted by atomic mass is 32.2. The van der Waals surface area contributed by atoms with E-state index in [1.54, 1.807) is 31.3 Å². The van der Waals surface area contributed by atoms with Gasteiger partial charge in [-0.05, 0) is 31.5 Å². The molecule has 1 unspecified atom stereocenters. The highest BCUT2D eigenvalue weighted by molar-refractivity contribution is 7.89. The van der Waals surface area contributed by atoms with Crippen molar-refractivity contribution in [2.24, 2.45) is 0 Å². The molecule has 0 aliphatic rings. The average Bonchev–Trinajstić information content (AvgIpc) is 2.38. The van der Waals surface area contributed by atoms with Gasteiger partial charge in [-0.15, -0.1) is 0 Å². The van der Waals surface area contributed by atoms with Gasteiger partial charge in [0.05, 0.1) is 12.4 Å². The zero-order valence-corrected chi connectivity index (χ0v) is 12.4. The number of benzene rings is 1.